The monoisotopic (exact) mass is 334 g/mol. The predicted octanol–water partition coefficient (Wildman–Crippen LogP) is 1.23. The van der Waals surface area contributed by atoms with Crippen molar-refractivity contribution in [3.63, 3.8) is 0 Å². The molecule has 0 bridgehead atoms. The smallest absolute Gasteiger partial charge is 0.236 e. The number of nitrogens with one attached hydrogen (secondary N) is 1. The van der Waals surface area contributed by atoms with Crippen molar-refractivity contribution in [1.29, 1.82) is 0 Å². The lowest BCUT2D eigenvalue weighted by Gasteiger charge is -2.36. The molecule has 2 N–H and O–H groups in total. The number of anilines is 1. The molecule has 1 fully saturated rings. The Labute approximate surface area is 139 Å². The zero-order valence-electron chi connectivity index (χ0n) is 13.4. The average Bonchev–Trinajstić information content (AvgIpc) is 2.92. The Kier molecular flexibility index (Phi) is 4.79. The molecule has 2 heterocycles. The molecule has 0 saturated carbocycles. The van der Waals surface area contributed by atoms with E-state index in [4.69, 9.17) is 0 Å². The van der Waals surface area contributed by atoms with E-state index in [-0.39, 0.29) is 11.9 Å². The topological polar surface area (TPSA) is 68.7 Å². The molecule has 0 aliphatic carbocycles. The standard InChI is InChI=1S/C16H22N4O2S/c1-19(2)15(22)10-20-8-7-11(13(21)9-20)17-16-18-12-5-3-4-6-14(12)23-16/h3-6,11,13,21H,7-10H2,1-2H3,(H,17,18)/t11-,13-/m1/s1. The van der Waals surface area contributed by atoms with Crippen LogP contribution in [0.15, 0.2) is 24.3 Å². The van der Waals surface area contributed by atoms with Gasteiger partial charge in [-0.25, -0.2) is 4.98 Å². The molecule has 1 aliphatic rings. The Morgan fingerprint density at radius 1 is 1.48 bits per heavy atom. The minimum absolute atomic E-state index is 0.0266. The van der Waals surface area contributed by atoms with Crippen molar-refractivity contribution in [3.8, 4) is 0 Å². The van der Waals surface area contributed by atoms with Gasteiger partial charge in [0.25, 0.3) is 0 Å². The first-order chi connectivity index (χ1) is 11.0. The molecule has 7 heteroatoms. The summed E-state index contributed by atoms with van der Waals surface area (Å²) in [4.78, 5) is 19.9. The number of aliphatic hydroxyl groups excluding tert-OH is 1. The number of carbonyl (C=O) groups excluding carboxylic acids is 1. The number of benzene rings is 1. The number of β-amino-alcohol motifs (C(OH)–C–C–N with tert-alkyl or cyclic N) is 1. The van der Waals surface area contributed by atoms with Gasteiger partial charge in [-0.15, -0.1) is 0 Å². The highest BCUT2D eigenvalue weighted by Crippen LogP contribution is 2.27. The van der Waals surface area contributed by atoms with Crippen LogP contribution < -0.4 is 5.32 Å². The van der Waals surface area contributed by atoms with E-state index >= 15 is 0 Å². The van der Waals surface area contributed by atoms with Crippen LogP contribution >= 0.6 is 11.3 Å². The Morgan fingerprint density at radius 2 is 2.26 bits per heavy atom. The van der Waals surface area contributed by atoms with Gasteiger partial charge in [0.15, 0.2) is 5.13 Å². The number of likely N-dealkylation sites (tertiary alicyclic amines) is 1. The summed E-state index contributed by atoms with van der Waals surface area (Å²) in [7, 11) is 3.50. The lowest BCUT2D eigenvalue weighted by Crippen LogP contribution is -2.51. The van der Waals surface area contributed by atoms with Crippen LogP contribution in [0.2, 0.25) is 0 Å². The van der Waals surface area contributed by atoms with Gasteiger partial charge in [-0.05, 0) is 18.6 Å². The summed E-state index contributed by atoms with van der Waals surface area (Å²) in [6, 6.07) is 7.98. The van der Waals surface area contributed by atoms with E-state index in [1.807, 2.05) is 29.2 Å². The second-order valence-corrected chi connectivity index (χ2v) is 7.15. The SMILES string of the molecule is CN(C)C(=O)CN1CC[C@@H](Nc2nc3ccccc3s2)[C@H](O)C1. The van der Waals surface area contributed by atoms with Gasteiger partial charge in [0.05, 0.1) is 28.9 Å². The van der Waals surface area contributed by atoms with Crippen LogP contribution in [0.3, 0.4) is 0 Å². The van der Waals surface area contributed by atoms with Crippen LogP contribution in [-0.4, -0.2) is 71.7 Å². The van der Waals surface area contributed by atoms with E-state index in [2.05, 4.69) is 10.3 Å². The number of hydrogen-bond acceptors (Lipinski definition) is 6. The quantitative estimate of drug-likeness (QED) is 0.880. The van der Waals surface area contributed by atoms with Crippen LogP contribution in [0.1, 0.15) is 6.42 Å². The lowest BCUT2D eigenvalue weighted by atomic mass is 10.0. The summed E-state index contributed by atoms with van der Waals surface area (Å²) >= 11 is 1.60. The van der Waals surface area contributed by atoms with E-state index in [9.17, 15) is 9.90 Å². The molecule has 1 saturated heterocycles. The predicted molar refractivity (Wildman–Crippen MR) is 92.8 cm³/mol. The highest BCUT2D eigenvalue weighted by atomic mass is 32.1. The summed E-state index contributed by atoms with van der Waals surface area (Å²) < 4.78 is 1.14. The third kappa shape index (κ3) is 3.80. The number of aromatic nitrogens is 1. The Hall–Kier alpha value is -1.70. The molecule has 1 aliphatic heterocycles. The van der Waals surface area contributed by atoms with Crippen molar-refractivity contribution in [2.75, 3.05) is 39.0 Å². The lowest BCUT2D eigenvalue weighted by molar-refractivity contribution is -0.130. The van der Waals surface area contributed by atoms with Crippen LogP contribution in [0.4, 0.5) is 5.13 Å². The number of likely N-dealkylation sites (N-methyl/N-ethyl adjacent to an activating group) is 1. The zero-order chi connectivity index (χ0) is 16.4. The number of aliphatic hydroxyl groups is 1. The second kappa shape index (κ2) is 6.82. The molecular formula is C16H22N4O2S. The molecule has 0 radical (unpaired) electrons. The van der Waals surface area contributed by atoms with E-state index < -0.39 is 6.10 Å². The Morgan fingerprint density at radius 3 is 2.96 bits per heavy atom. The van der Waals surface area contributed by atoms with E-state index in [1.165, 1.54) is 0 Å². The van der Waals surface area contributed by atoms with Crippen LogP contribution in [0.5, 0.6) is 0 Å². The van der Waals surface area contributed by atoms with E-state index in [0.717, 1.165) is 28.3 Å². The molecule has 2 aromatic rings. The second-order valence-electron chi connectivity index (χ2n) is 6.12. The first kappa shape index (κ1) is 16.2. The van der Waals surface area contributed by atoms with Gasteiger partial charge >= 0.3 is 0 Å². The van der Waals surface area contributed by atoms with E-state index in [1.54, 1.807) is 30.3 Å². The summed E-state index contributed by atoms with van der Waals surface area (Å²) in [6.07, 6.45) is 0.281. The van der Waals surface area contributed by atoms with Crippen molar-refractivity contribution in [1.82, 2.24) is 14.8 Å². The minimum Gasteiger partial charge on any atom is -0.390 e. The molecule has 6 nitrogen and oxygen atoms in total. The summed E-state index contributed by atoms with van der Waals surface area (Å²) in [6.45, 7) is 1.65. The molecule has 3 rings (SSSR count). The highest BCUT2D eigenvalue weighted by molar-refractivity contribution is 7.22. The molecule has 0 unspecified atom stereocenters. The summed E-state index contributed by atoms with van der Waals surface area (Å²) in [5.41, 5.74) is 0.975. The minimum atomic E-state index is -0.509. The van der Waals surface area contributed by atoms with Crippen molar-refractivity contribution >= 4 is 32.6 Å². The van der Waals surface area contributed by atoms with Crippen molar-refractivity contribution in [2.24, 2.45) is 0 Å². The van der Waals surface area contributed by atoms with Gasteiger partial charge in [-0.2, -0.15) is 0 Å². The number of amides is 1. The van der Waals surface area contributed by atoms with Gasteiger partial charge in [0, 0.05) is 27.2 Å². The van der Waals surface area contributed by atoms with Gasteiger partial charge in [0.1, 0.15) is 0 Å². The molecule has 124 valence electrons. The largest absolute Gasteiger partial charge is 0.390 e. The molecule has 2 atom stereocenters. The first-order valence-electron chi connectivity index (χ1n) is 7.75. The van der Waals surface area contributed by atoms with Gasteiger partial charge in [-0.3, -0.25) is 9.69 Å². The Bertz CT molecular complexity index is 655. The third-order valence-corrected chi connectivity index (χ3v) is 5.09. The normalized spacial score (nSPS) is 22.2. The number of fused-ring (bicyclic) bond motifs is 1. The summed E-state index contributed by atoms with van der Waals surface area (Å²) in [5.74, 6) is 0.0646. The fourth-order valence-corrected chi connectivity index (χ4v) is 3.66. The number of para-hydroxylation sites is 1. The fraction of sp³-hybridized carbons (Fsp3) is 0.500. The number of nitrogens with zero attached hydrogens (tertiary/aromatic N) is 3. The maximum atomic E-state index is 11.8. The zero-order valence-corrected chi connectivity index (χ0v) is 14.2. The van der Waals surface area contributed by atoms with Gasteiger partial charge < -0.3 is 15.3 Å². The molecule has 1 amide bonds. The van der Waals surface area contributed by atoms with Crippen LogP contribution in [0.25, 0.3) is 10.2 Å². The number of thiazole rings is 1. The highest BCUT2D eigenvalue weighted by Gasteiger charge is 2.29. The number of piperidine rings is 1. The first-order valence-corrected chi connectivity index (χ1v) is 8.57. The Balaban J connectivity index is 1.59. The third-order valence-electron chi connectivity index (χ3n) is 4.13. The average molecular weight is 334 g/mol. The molecule has 23 heavy (non-hydrogen) atoms. The number of hydrogen-bond donors (Lipinski definition) is 2. The summed E-state index contributed by atoms with van der Waals surface area (Å²) in [5, 5.41) is 14.6. The van der Waals surface area contributed by atoms with Crippen molar-refractivity contribution in [3.05, 3.63) is 24.3 Å². The fourth-order valence-electron chi connectivity index (χ4n) is 2.73. The molecule has 1 aromatic carbocycles. The number of rotatable bonds is 4. The molecular weight excluding hydrogens is 312 g/mol. The maximum Gasteiger partial charge on any atom is 0.236 e. The molecule has 1 aromatic heterocycles. The van der Waals surface area contributed by atoms with Crippen molar-refractivity contribution < 1.29 is 9.90 Å². The molecule has 0 spiro atoms. The van der Waals surface area contributed by atoms with Gasteiger partial charge in [0.2, 0.25) is 5.91 Å². The van der Waals surface area contributed by atoms with Crippen molar-refractivity contribution in [2.45, 2.75) is 18.6 Å². The van der Waals surface area contributed by atoms with Gasteiger partial charge in [-0.1, -0.05) is 23.5 Å². The van der Waals surface area contributed by atoms with Crippen LogP contribution in [-0.2, 0) is 4.79 Å². The van der Waals surface area contributed by atoms with Crippen LogP contribution in [0, 0.1) is 0 Å². The van der Waals surface area contributed by atoms with E-state index in [0.29, 0.717) is 13.1 Å². The number of carbonyl (C=O) groups is 1. The maximum absolute atomic E-state index is 11.8.